The minimum Gasteiger partial charge on any atom is -0.461 e. The van der Waals surface area contributed by atoms with Crippen molar-refractivity contribution >= 4 is 48.0 Å². The second-order valence-corrected chi connectivity index (χ2v) is 11.4. The van der Waals surface area contributed by atoms with Crippen LogP contribution in [0.5, 0.6) is 0 Å². The van der Waals surface area contributed by atoms with Crippen LogP contribution in [0.2, 0.25) is 0 Å². The molecule has 17 nitrogen and oxygen atoms in total. The smallest absolute Gasteiger partial charge is 0.329 e. The Morgan fingerprint density at radius 3 is 1.89 bits per heavy atom. The molecule has 18 heteroatoms. The lowest BCUT2D eigenvalue weighted by molar-refractivity contribution is -0.525. The molecule has 3 aromatic rings. The number of nitrogens with one attached hydrogen (secondary N) is 4. The van der Waals surface area contributed by atoms with Gasteiger partial charge in [-0.3, -0.25) is 19.2 Å². The van der Waals surface area contributed by atoms with Crippen molar-refractivity contribution in [1.29, 1.82) is 0 Å². The number of nitro groups is 1. The lowest BCUT2D eigenvalue weighted by Crippen LogP contribution is -2.55. The highest BCUT2D eigenvalue weighted by molar-refractivity contribution is 5.94. The monoisotopic (exact) mass is 754 g/mol. The van der Waals surface area contributed by atoms with Crippen molar-refractivity contribution in [2.45, 2.75) is 57.0 Å². The first-order valence-electron chi connectivity index (χ1n) is 16.3. The molecular formula is C35H43ClN8O9. The van der Waals surface area contributed by atoms with Crippen LogP contribution >= 0.6 is 12.4 Å². The predicted molar refractivity (Wildman–Crippen MR) is 195 cm³/mol. The Bertz CT molecular complexity index is 1670. The lowest BCUT2D eigenvalue weighted by atomic mass is 10.0. The third kappa shape index (κ3) is 17.1. The molecule has 0 heterocycles. The summed E-state index contributed by atoms with van der Waals surface area (Å²) >= 11 is 0. The van der Waals surface area contributed by atoms with Crippen LogP contribution in [0.15, 0.2) is 96.0 Å². The number of hydrazine groups is 1. The van der Waals surface area contributed by atoms with Crippen LogP contribution in [0.25, 0.3) is 0 Å². The lowest BCUT2D eigenvalue weighted by Gasteiger charge is -2.23. The Morgan fingerprint density at radius 2 is 1.32 bits per heavy atom. The van der Waals surface area contributed by atoms with Gasteiger partial charge in [0.1, 0.15) is 25.3 Å². The van der Waals surface area contributed by atoms with Gasteiger partial charge in [-0.25, -0.2) is 19.9 Å². The van der Waals surface area contributed by atoms with Crippen molar-refractivity contribution in [3.05, 3.63) is 118 Å². The number of guanidine groups is 1. The van der Waals surface area contributed by atoms with Gasteiger partial charge in [-0.2, -0.15) is 0 Å². The van der Waals surface area contributed by atoms with E-state index >= 15 is 0 Å². The van der Waals surface area contributed by atoms with E-state index in [1.54, 1.807) is 90.4 Å². The molecule has 0 saturated heterocycles. The van der Waals surface area contributed by atoms with Gasteiger partial charge >= 0.3 is 11.9 Å². The molecule has 0 fully saturated rings. The number of esters is 2. The van der Waals surface area contributed by atoms with Crippen molar-refractivity contribution in [2.75, 3.05) is 13.1 Å². The SMILES string of the molecule is Cl.NC(=NCCC[C@H](N)C(=O)NCC(=O)N[C@H](CC(=O)OCc1ccccc1)C(=O)N[C@@H](Cc1ccccc1)C(=O)OCc1ccccc1)N[N+](=O)[O-]. The first-order valence-corrected chi connectivity index (χ1v) is 16.3. The van der Waals surface area contributed by atoms with Gasteiger partial charge in [-0.15, -0.1) is 12.4 Å². The van der Waals surface area contributed by atoms with Crippen molar-refractivity contribution < 1.29 is 38.5 Å². The second-order valence-electron chi connectivity index (χ2n) is 11.4. The fraction of sp³-hybridized carbons (Fsp3) is 0.314. The summed E-state index contributed by atoms with van der Waals surface area (Å²) < 4.78 is 10.8. The summed E-state index contributed by atoms with van der Waals surface area (Å²) in [5.41, 5.74) is 15.1. The first kappa shape index (κ1) is 43.1. The number of hydrogen-bond donors (Lipinski definition) is 6. The van der Waals surface area contributed by atoms with Gasteiger partial charge in [0.2, 0.25) is 17.7 Å². The summed E-state index contributed by atoms with van der Waals surface area (Å²) in [6.45, 7) is -0.673. The van der Waals surface area contributed by atoms with E-state index in [1.165, 1.54) is 0 Å². The summed E-state index contributed by atoms with van der Waals surface area (Å²) in [5.74, 6) is -4.33. The zero-order valence-electron chi connectivity index (χ0n) is 28.7. The van der Waals surface area contributed by atoms with Crippen molar-refractivity contribution in [2.24, 2.45) is 16.5 Å². The van der Waals surface area contributed by atoms with Gasteiger partial charge in [0.05, 0.1) is 19.0 Å². The molecule has 3 amide bonds. The van der Waals surface area contributed by atoms with Gasteiger partial charge in [0.15, 0.2) is 5.03 Å². The van der Waals surface area contributed by atoms with E-state index in [2.05, 4.69) is 20.9 Å². The standard InChI is InChI=1S/C35H42N8O9.ClH/c36-27(17-10-18-38-35(37)42-43(49)50)32(46)39-21-30(44)40-28(20-31(45)51-22-25-13-6-2-7-14-25)33(47)41-29(19-24-11-4-1-5-12-24)34(48)52-23-26-15-8-3-9-16-26;/h1-9,11-16,27-29H,10,17-23,36H2,(H,39,46)(H,40,44)(H,41,47)(H3,37,38,42);1H/t27-,28+,29-;/m0./s1. The van der Waals surface area contributed by atoms with Crippen LogP contribution in [0.3, 0.4) is 0 Å². The third-order valence-electron chi connectivity index (χ3n) is 7.29. The molecule has 0 radical (unpaired) electrons. The van der Waals surface area contributed by atoms with Crippen LogP contribution in [-0.2, 0) is 53.1 Å². The number of carbonyl (C=O) groups is 5. The van der Waals surface area contributed by atoms with Crippen LogP contribution < -0.4 is 32.8 Å². The average Bonchev–Trinajstić information content (AvgIpc) is 3.14. The molecule has 0 bridgehead atoms. The fourth-order valence-electron chi connectivity index (χ4n) is 4.63. The van der Waals surface area contributed by atoms with Crippen molar-refractivity contribution in [3.63, 3.8) is 0 Å². The van der Waals surface area contributed by atoms with E-state index in [4.69, 9.17) is 20.9 Å². The zero-order chi connectivity index (χ0) is 37.7. The molecule has 3 rings (SSSR count). The quantitative estimate of drug-likeness (QED) is 0.0234. The molecule has 3 aromatic carbocycles. The average molecular weight is 755 g/mol. The predicted octanol–water partition coefficient (Wildman–Crippen LogP) is 0.817. The molecule has 53 heavy (non-hydrogen) atoms. The molecular weight excluding hydrogens is 712 g/mol. The molecule has 0 aromatic heterocycles. The van der Waals surface area contributed by atoms with Gasteiger partial charge in [-0.05, 0) is 29.5 Å². The van der Waals surface area contributed by atoms with Crippen LogP contribution in [-0.4, -0.2) is 71.9 Å². The third-order valence-corrected chi connectivity index (χ3v) is 7.29. The van der Waals surface area contributed by atoms with E-state index in [-0.39, 0.29) is 51.4 Å². The number of rotatable bonds is 20. The maximum absolute atomic E-state index is 13.7. The number of aliphatic imine (C=N–C) groups is 1. The van der Waals surface area contributed by atoms with Crippen LogP contribution in [0.4, 0.5) is 0 Å². The Kier molecular flexibility index (Phi) is 19.0. The summed E-state index contributed by atoms with van der Waals surface area (Å²) in [5, 5.41) is 16.9. The maximum Gasteiger partial charge on any atom is 0.329 e. The molecule has 0 spiro atoms. The number of hydrogen-bond acceptors (Lipinski definition) is 11. The molecule has 284 valence electrons. The van der Waals surface area contributed by atoms with Crippen molar-refractivity contribution in [3.8, 4) is 0 Å². The molecule has 0 aliphatic rings. The van der Waals surface area contributed by atoms with Crippen molar-refractivity contribution in [1.82, 2.24) is 21.4 Å². The topological polar surface area (TPSA) is 259 Å². The molecule has 0 unspecified atom stereocenters. The Balaban J connectivity index is 0.00000972. The Labute approximate surface area is 311 Å². The Hall–Kier alpha value is -6.07. The Morgan fingerprint density at radius 1 is 0.774 bits per heavy atom. The number of ether oxygens (including phenoxy) is 2. The number of nitrogens with zero attached hydrogens (tertiary/aromatic N) is 2. The molecule has 0 aliphatic carbocycles. The van der Waals surface area contributed by atoms with E-state index in [1.807, 2.05) is 6.07 Å². The zero-order valence-corrected chi connectivity index (χ0v) is 29.5. The number of carbonyl (C=O) groups excluding carboxylic acids is 5. The number of benzene rings is 3. The summed E-state index contributed by atoms with van der Waals surface area (Å²) in [6, 6.07) is 22.9. The largest absolute Gasteiger partial charge is 0.461 e. The number of nitrogens with two attached hydrogens (primary N) is 2. The summed E-state index contributed by atoms with van der Waals surface area (Å²) in [4.78, 5) is 79.4. The normalized spacial score (nSPS) is 12.4. The van der Waals surface area contributed by atoms with Gasteiger partial charge in [0.25, 0.3) is 5.96 Å². The second kappa shape index (κ2) is 23.4. The van der Waals surface area contributed by atoms with Gasteiger partial charge < -0.3 is 36.9 Å². The minimum atomic E-state index is -1.50. The summed E-state index contributed by atoms with van der Waals surface area (Å²) in [7, 11) is 0. The van der Waals surface area contributed by atoms with Crippen LogP contribution in [0.1, 0.15) is 36.0 Å². The molecule has 0 aliphatic heterocycles. The molecule has 8 N–H and O–H groups in total. The molecule has 3 atom stereocenters. The van der Waals surface area contributed by atoms with E-state index in [0.717, 1.165) is 11.1 Å². The fourth-order valence-corrected chi connectivity index (χ4v) is 4.63. The van der Waals surface area contributed by atoms with Gasteiger partial charge in [0, 0.05) is 13.0 Å². The highest BCUT2D eigenvalue weighted by Crippen LogP contribution is 2.09. The highest BCUT2D eigenvalue weighted by atomic mass is 35.5. The van der Waals surface area contributed by atoms with E-state index in [9.17, 15) is 34.1 Å². The van der Waals surface area contributed by atoms with E-state index in [0.29, 0.717) is 5.56 Å². The summed E-state index contributed by atoms with van der Waals surface area (Å²) in [6.07, 6.45) is -0.169. The number of amides is 3. The van der Waals surface area contributed by atoms with E-state index < -0.39 is 71.7 Å². The van der Waals surface area contributed by atoms with Crippen LogP contribution in [0, 0.1) is 10.1 Å². The first-order chi connectivity index (χ1) is 25.0. The molecule has 0 saturated carbocycles. The number of halogens is 1. The van der Waals surface area contributed by atoms with Gasteiger partial charge in [-0.1, -0.05) is 96.4 Å². The highest BCUT2D eigenvalue weighted by Gasteiger charge is 2.30. The minimum absolute atomic E-state index is 0. The maximum atomic E-state index is 13.7.